The molecule has 0 amide bonds. The Morgan fingerprint density at radius 2 is 2.43 bits per heavy atom. The van der Waals surface area contributed by atoms with Crippen molar-refractivity contribution in [2.24, 2.45) is 0 Å². The molecule has 0 radical (unpaired) electrons. The van der Waals surface area contributed by atoms with Crippen LogP contribution >= 0.6 is 15.9 Å². The summed E-state index contributed by atoms with van der Waals surface area (Å²) >= 11 is 3.40. The van der Waals surface area contributed by atoms with Crippen LogP contribution < -0.4 is 15.8 Å². The summed E-state index contributed by atoms with van der Waals surface area (Å²) < 4.78 is 1.81. The molecule has 2 heterocycles. The van der Waals surface area contributed by atoms with Crippen molar-refractivity contribution < 1.29 is 5.11 Å². The van der Waals surface area contributed by atoms with E-state index in [1.165, 1.54) is 17.5 Å². The Morgan fingerprint density at radius 3 is 3.05 bits per heavy atom. The summed E-state index contributed by atoms with van der Waals surface area (Å²) in [5, 5.41) is 16.6. The summed E-state index contributed by atoms with van der Waals surface area (Å²) in [5.41, 5.74) is 0.645. The minimum atomic E-state index is -0.193. The summed E-state index contributed by atoms with van der Waals surface area (Å²) in [7, 11) is 0. The van der Waals surface area contributed by atoms with Crippen molar-refractivity contribution in [3.05, 3.63) is 21.0 Å². The Balaban J connectivity index is 2.22. The number of nitrogens with zero attached hydrogens (tertiary/aromatic N) is 3. The minimum Gasteiger partial charge on any atom is -0.394 e. The maximum Gasteiger partial charge on any atom is 0.283 e. The van der Waals surface area contributed by atoms with E-state index in [0.717, 1.165) is 31.7 Å². The molecule has 1 unspecified atom stereocenters. The quantitative estimate of drug-likeness (QED) is 0.759. The second-order valence-electron chi connectivity index (χ2n) is 5.33. The van der Waals surface area contributed by atoms with Crippen LogP contribution in [0.15, 0.2) is 15.5 Å². The molecule has 1 aliphatic rings. The Kier molecular flexibility index (Phi) is 6.20. The van der Waals surface area contributed by atoms with Crippen molar-refractivity contribution >= 4 is 21.6 Å². The van der Waals surface area contributed by atoms with Crippen LogP contribution in [-0.4, -0.2) is 47.2 Å². The van der Waals surface area contributed by atoms with Gasteiger partial charge in [-0.1, -0.05) is 6.92 Å². The first-order valence-corrected chi connectivity index (χ1v) is 8.31. The SMILES string of the molecule is CCCN(CC1CCCN1)c1cnn(CCO)c(=O)c1Br. The third-order valence-corrected chi connectivity index (χ3v) is 4.46. The number of aromatic nitrogens is 2. The van der Waals surface area contributed by atoms with Gasteiger partial charge in [0.1, 0.15) is 4.47 Å². The van der Waals surface area contributed by atoms with Gasteiger partial charge < -0.3 is 15.3 Å². The number of anilines is 1. The van der Waals surface area contributed by atoms with Gasteiger partial charge in [0.25, 0.3) is 5.56 Å². The van der Waals surface area contributed by atoms with Crippen LogP contribution in [0.4, 0.5) is 5.69 Å². The lowest BCUT2D eigenvalue weighted by Crippen LogP contribution is -2.39. The number of nitrogens with one attached hydrogen (secondary N) is 1. The normalized spacial score (nSPS) is 18.1. The minimum absolute atomic E-state index is 0.0939. The molecular formula is C14H23BrN4O2. The number of aliphatic hydroxyl groups excluding tert-OH is 1. The van der Waals surface area contributed by atoms with E-state index in [1.807, 2.05) is 0 Å². The second kappa shape index (κ2) is 7.91. The third kappa shape index (κ3) is 4.05. The van der Waals surface area contributed by atoms with E-state index in [0.29, 0.717) is 10.5 Å². The number of halogens is 1. The van der Waals surface area contributed by atoms with E-state index < -0.39 is 0 Å². The zero-order valence-corrected chi connectivity index (χ0v) is 14.0. The zero-order chi connectivity index (χ0) is 15.2. The Morgan fingerprint density at radius 1 is 1.62 bits per heavy atom. The highest BCUT2D eigenvalue weighted by atomic mass is 79.9. The van der Waals surface area contributed by atoms with Gasteiger partial charge in [-0.2, -0.15) is 5.10 Å². The molecule has 0 bridgehead atoms. The number of hydrogen-bond donors (Lipinski definition) is 2. The fourth-order valence-electron chi connectivity index (χ4n) is 2.69. The van der Waals surface area contributed by atoms with Gasteiger partial charge in [-0.15, -0.1) is 0 Å². The lowest BCUT2D eigenvalue weighted by molar-refractivity contribution is 0.266. The number of aliphatic hydroxyl groups is 1. The lowest BCUT2D eigenvalue weighted by Gasteiger charge is -2.28. The molecule has 21 heavy (non-hydrogen) atoms. The highest BCUT2D eigenvalue weighted by molar-refractivity contribution is 9.10. The molecule has 0 saturated carbocycles. The molecule has 1 aromatic heterocycles. The van der Waals surface area contributed by atoms with Gasteiger partial charge in [-0.05, 0) is 41.7 Å². The van der Waals surface area contributed by atoms with Gasteiger partial charge >= 0.3 is 0 Å². The summed E-state index contributed by atoms with van der Waals surface area (Å²) in [6, 6.07) is 0.475. The average Bonchev–Trinajstić information content (AvgIpc) is 2.97. The molecule has 2 N–H and O–H groups in total. The van der Waals surface area contributed by atoms with Gasteiger partial charge in [0.2, 0.25) is 0 Å². The predicted molar refractivity (Wildman–Crippen MR) is 86.8 cm³/mol. The molecule has 0 aromatic carbocycles. The van der Waals surface area contributed by atoms with Gasteiger partial charge in [0, 0.05) is 19.1 Å². The van der Waals surface area contributed by atoms with E-state index in [2.05, 4.69) is 38.2 Å². The van der Waals surface area contributed by atoms with Crippen LogP contribution in [0.25, 0.3) is 0 Å². The van der Waals surface area contributed by atoms with Crippen LogP contribution in [0.1, 0.15) is 26.2 Å². The largest absolute Gasteiger partial charge is 0.394 e. The first-order chi connectivity index (χ1) is 10.2. The van der Waals surface area contributed by atoms with E-state index in [-0.39, 0.29) is 18.7 Å². The van der Waals surface area contributed by atoms with Crippen LogP contribution in [-0.2, 0) is 6.54 Å². The monoisotopic (exact) mass is 358 g/mol. The van der Waals surface area contributed by atoms with Crippen LogP contribution in [0, 0.1) is 0 Å². The maximum atomic E-state index is 12.2. The van der Waals surface area contributed by atoms with Gasteiger partial charge in [-0.3, -0.25) is 4.79 Å². The van der Waals surface area contributed by atoms with Crippen molar-refractivity contribution in [1.82, 2.24) is 15.1 Å². The van der Waals surface area contributed by atoms with Crippen molar-refractivity contribution in [2.75, 3.05) is 31.1 Å². The number of hydrogen-bond acceptors (Lipinski definition) is 5. The fourth-order valence-corrected chi connectivity index (χ4v) is 3.25. The summed E-state index contributed by atoms with van der Waals surface area (Å²) in [6.45, 7) is 5.10. The third-order valence-electron chi connectivity index (χ3n) is 3.72. The molecule has 7 heteroatoms. The van der Waals surface area contributed by atoms with E-state index in [9.17, 15) is 4.79 Å². The second-order valence-corrected chi connectivity index (χ2v) is 6.13. The predicted octanol–water partition coefficient (Wildman–Crippen LogP) is 0.966. The van der Waals surface area contributed by atoms with Crippen molar-refractivity contribution in [3.8, 4) is 0 Å². The fraction of sp³-hybridized carbons (Fsp3) is 0.714. The molecule has 0 spiro atoms. The van der Waals surface area contributed by atoms with Gasteiger partial charge in [0.05, 0.1) is 25.0 Å². The Hall–Kier alpha value is -0.920. The van der Waals surface area contributed by atoms with Crippen molar-refractivity contribution in [1.29, 1.82) is 0 Å². The molecular weight excluding hydrogens is 336 g/mol. The summed E-state index contributed by atoms with van der Waals surface area (Å²) in [5.74, 6) is 0. The standard InChI is InChI=1S/C14H23BrN4O2/c1-2-6-18(10-11-4-3-5-16-11)12-9-17-19(7-8-20)14(21)13(12)15/h9,11,16,20H,2-8,10H2,1H3. The molecule has 1 aliphatic heterocycles. The molecule has 0 aliphatic carbocycles. The highest BCUT2D eigenvalue weighted by Gasteiger charge is 2.20. The highest BCUT2D eigenvalue weighted by Crippen LogP contribution is 2.23. The van der Waals surface area contributed by atoms with Crippen LogP contribution in [0.3, 0.4) is 0 Å². The average molecular weight is 359 g/mol. The van der Waals surface area contributed by atoms with Crippen molar-refractivity contribution in [2.45, 2.75) is 38.8 Å². The maximum absolute atomic E-state index is 12.2. The Bertz CT molecular complexity index is 514. The molecule has 1 saturated heterocycles. The van der Waals surface area contributed by atoms with Crippen molar-refractivity contribution in [3.63, 3.8) is 0 Å². The van der Waals surface area contributed by atoms with Gasteiger partial charge in [0.15, 0.2) is 0 Å². The Labute approximate surface area is 133 Å². The summed E-state index contributed by atoms with van der Waals surface area (Å²) in [6.07, 6.45) is 5.11. The molecule has 1 atom stereocenters. The molecule has 2 rings (SSSR count). The summed E-state index contributed by atoms with van der Waals surface area (Å²) in [4.78, 5) is 14.4. The molecule has 6 nitrogen and oxygen atoms in total. The van der Waals surface area contributed by atoms with E-state index >= 15 is 0 Å². The lowest BCUT2D eigenvalue weighted by atomic mass is 10.2. The number of rotatable bonds is 7. The smallest absolute Gasteiger partial charge is 0.283 e. The molecule has 1 aromatic rings. The van der Waals surface area contributed by atoms with E-state index in [4.69, 9.17) is 5.11 Å². The molecule has 1 fully saturated rings. The molecule has 118 valence electrons. The zero-order valence-electron chi connectivity index (χ0n) is 12.4. The van der Waals surface area contributed by atoms with Crippen LogP contribution in [0.2, 0.25) is 0 Å². The first kappa shape index (κ1) is 16.5. The first-order valence-electron chi connectivity index (χ1n) is 7.52. The van der Waals surface area contributed by atoms with Gasteiger partial charge in [-0.25, -0.2) is 4.68 Å². The van der Waals surface area contributed by atoms with E-state index in [1.54, 1.807) is 6.20 Å². The topological polar surface area (TPSA) is 70.4 Å². The van der Waals surface area contributed by atoms with Crippen LogP contribution in [0.5, 0.6) is 0 Å².